The molecule has 3 fully saturated rings. The van der Waals surface area contributed by atoms with Crippen LogP contribution in [0.1, 0.15) is 139 Å². The first-order valence-corrected chi connectivity index (χ1v) is 24.2. The van der Waals surface area contributed by atoms with Gasteiger partial charge in [-0.05, 0) is 96.7 Å². The van der Waals surface area contributed by atoms with Gasteiger partial charge in [-0.2, -0.15) is 0 Å². The Balaban J connectivity index is 1.12. The van der Waals surface area contributed by atoms with Gasteiger partial charge < -0.3 is 44.8 Å². The van der Waals surface area contributed by atoms with E-state index in [9.17, 15) is 19.2 Å². The summed E-state index contributed by atoms with van der Waals surface area (Å²) in [5, 5.41) is 6.54. The van der Waals surface area contributed by atoms with Gasteiger partial charge in [-0.15, -0.1) is 0 Å². The van der Waals surface area contributed by atoms with E-state index in [1.165, 1.54) is 19.8 Å². The van der Waals surface area contributed by atoms with Crippen LogP contribution in [0.4, 0.5) is 15.3 Å². The molecule has 3 aliphatic heterocycles. The van der Waals surface area contributed by atoms with Crippen molar-refractivity contribution >= 4 is 75.0 Å². The number of carbonyl (C=O) groups excluding carboxylic acids is 4. The van der Waals surface area contributed by atoms with Gasteiger partial charge in [0.1, 0.15) is 34.8 Å². The first-order valence-electron chi connectivity index (χ1n) is 23.5. The molecule has 3 saturated heterocycles. The Kier molecular flexibility index (Phi) is 13.8. The summed E-state index contributed by atoms with van der Waals surface area (Å²) in [5.74, 6) is 0.645. The van der Waals surface area contributed by atoms with Gasteiger partial charge in [-0.3, -0.25) is 9.59 Å². The zero-order chi connectivity index (χ0) is 48.1. The molecule has 3 aromatic carbocycles. The summed E-state index contributed by atoms with van der Waals surface area (Å²) < 4.78 is 9.66. The lowest BCUT2D eigenvalue weighted by atomic mass is 9.87. The maximum atomic E-state index is 13.9. The van der Waals surface area contributed by atoms with Crippen LogP contribution >= 0.6 is 23.2 Å². The Labute approximate surface area is 402 Å². The normalized spacial score (nSPS) is 20.9. The number of aromatic amines is 2. The van der Waals surface area contributed by atoms with Crippen molar-refractivity contribution in [1.82, 2.24) is 40.4 Å². The summed E-state index contributed by atoms with van der Waals surface area (Å²) in [6.45, 7) is 15.3. The van der Waals surface area contributed by atoms with Crippen LogP contribution in [-0.4, -0.2) is 93.1 Å². The Morgan fingerprint density at radius 3 is 1.43 bits per heavy atom. The molecule has 2 aromatic heterocycles. The fourth-order valence-corrected chi connectivity index (χ4v) is 11.0. The number of alkyl carbamates (subject to hydrolysis) is 2. The third-order valence-corrected chi connectivity index (χ3v) is 14.7. The lowest BCUT2D eigenvalue weighted by Crippen LogP contribution is -2.51. The maximum absolute atomic E-state index is 13.9. The zero-order valence-corrected chi connectivity index (χ0v) is 41.3. The van der Waals surface area contributed by atoms with Gasteiger partial charge in [-0.1, -0.05) is 95.9 Å². The highest BCUT2D eigenvalue weighted by atomic mass is 35.5. The molecule has 0 spiro atoms. The molecule has 4 amide bonds. The van der Waals surface area contributed by atoms with Crippen LogP contribution in [0.5, 0.6) is 0 Å². The first kappa shape index (κ1) is 47.9. The van der Waals surface area contributed by atoms with Crippen molar-refractivity contribution in [2.24, 2.45) is 11.8 Å². The number of fused-ring (bicyclic) bond motifs is 2. The number of ether oxygens (including phenoxy) is 2. The van der Waals surface area contributed by atoms with E-state index in [2.05, 4.69) is 82.7 Å². The molecule has 4 N–H and O–H groups in total. The molecule has 0 saturated carbocycles. The van der Waals surface area contributed by atoms with Gasteiger partial charge in [0.25, 0.3) is 0 Å². The molecule has 5 heterocycles. The van der Waals surface area contributed by atoms with E-state index in [1.807, 2.05) is 39.8 Å². The van der Waals surface area contributed by atoms with E-state index >= 15 is 0 Å². The van der Waals surface area contributed by atoms with Gasteiger partial charge in [0.2, 0.25) is 11.8 Å². The van der Waals surface area contributed by atoms with Crippen molar-refractivity contribution in [3.05, 3.63) is 86.9 Å². The molecule has 8 rings (SSSR count). The highest BCUT2D eigenvalue weighted by Crippen LogP contribution is 2.51. The van der Waals surface area contributed by atoms with Gasteiger partial charge in [0.05, 0.1) is 59.5 Å². The van der Waals surface area contributed by atoms with E-state index in [0.29, 0.717) is 58.7 Å². The second-order valence-electron chi connectivity index (χ2n) is 19.9. The Morgan fingerprint density at radius 2 is 1.06 bits per heavy atom. The van der Waals surface area contributed by atoms with Crippen molar-refractivity contribution in [3.63, 3.8) is 0 Å². The highest BCUT2D eigenvalue weighted by Gasteiger charge is 2.42. The van der Waals surface area contributed by atoms with Crippen LogP contribution in [0.15, 0.2) is 48.5 Å². The molecule has 5 aromatic rings. The number of amides is 4. The molecule has 15 nitrogen and oxygen atoms in total. The molecular weight excluding hydrogens is 894 g/mol. The van der Waals surface area contributed by atoms with Gasteiger partial charge in [-0.25, -0.2) is 19.6 Å². The standard InChI is InChI=1S/C50H63Cl2N9O6/c1-26(2)40(57-48(64)66-8)46(62)59-24-10-12-36(59)44-53-32-20-18-30(38(51)42(32)55-44)34-22-23-35(61(34)29-16-14-28(15-17-29)50(5,6)7)31-19-21-33-43(39(31)52)56-45(54-33)37-13-11-25-60(37)47(63)41(27(3)4)58-49(65)67-9/h14-21,26-27,34-37,40-41H,10-13,22-25H2,1-9H3,(H,53,55)(H,54,56)(H,57,64)(H,58,65)/t34-,35+,36-,37-,40-,41-/m0/s1. The summed E-state index contributed by atoms with van der Waals surface area (Å²) >= 11 is 14.9. The number of likely N-dealkylation sites (tertiary alicyclic amines) is 2. The average molecular weight is 957 g/mol. The molecule has 358 valence electrons. The lowest BCUT2D eigenvalue weighted by molar-refractivity contribution is -0.136. The molecular formula is C50H63Cl2N9O6. The highest BCUT2D eigenvalue weighted by molar-refractivity contribution is 6.36. The van der Waals surface area contributed by atoms with E-state index in [4.69, 9.17) is 42.6 Å². The van der Waals surface area contributed by atoms with E-state index < -0.39 is 24.3 Å². The minimum Gasteiger partial charge on any atom is -0.453 e. The first-order chi connectivity index (χ1) is 31.9. The quantitative estimate of drug-likeness (QED) is 0.100. The lowest BCUT2D eigenvalue weighted by Gasteiger charge is -2.34. The van der Waals surface area contributed by atoms with Crippen LogP contribution in [0.25, 0.3) is 22.1 Å². The number of nitrogens with zero attached hydrogens (tertiary/aromatic N) is 5. The molecule has 17 heteroatoms. The Morgan fingerprint density at radius 1 is 0.642 bits per heavy atom. The topological polar surface area (TPSA) is 178 Å². The predicted molar refractivity (Wildman–Crippen MR) is 260 cm³/mol. The minimum absolute atomic E-state index is 0.0412. The van der Waals surface area contributed by atoms with Gasteiger partial charge in [0.15, 0.2) is 0 Å². The molecule has 3 aliphatic rings. The SMILES string of the molecule is COC(=O)N[C@H](C(=O)N1CCC[C@H]1c1nc2c(Cl)c([C@H]3CC[C@@H](c4ccc5[nH]c([C@@H]6CCCN6C(=O)[C@@H](NC(=O)OC)C(C)C)nc5c4Cl)N3c3ccc(C(C)(C)C)cc3)ccc2[nH]1)C(C)C. The number of rotatable bonds is 11. The third kappa shape index (κ3) is 9.25. The monoisotopic (exact) mass is 955 g/mol. The summed E-state index contributed by atoms with van der Waals surface area (Å²) in [4.78, 5) is 75.5. The largest absolute Gasteiger partial charge is 0.453 e. The van der Waals surface area contributed by atoms with Crippen LogP contribution < -0.4 is 15.5 Å². The van der Waals surface area contributed by atoms with Crippen LogP contribution in [0.3, 0.4) is 0 Å². The van der Waals surface area contributed by atoms with Crippen LogP contribution in [0.2, 0.25) is 10.0 Å². The van der Waals surface area contributed by atoms with Gasteiger partial charge >= 0.3 is 12.2 Å². The minimum atomic E-state index is -0.746. The number of imidazole rings is 2. The number of methoxy groups -OCH3 is 2. The summed E-state index contributed by atoms with van der Waals surface area (Å²) in [6.07, 6.45) is 3.28. The Bertz CT molecular complexity index is 2510. The van der Waals surface area contributed by atoms with Crippen LogP contribution in [-0.2, 0) is 24.5 Å². The van der Waals surface area contributed by atoms with E-state index in [-0.39, 0.29) is 53.2 Å². The number of anilines is 1. The maximum Gasteiger partial charge on any atom is 0.407 e. The fraction of sp³-hybridized carbons (Fsp3) is 0.520. The van der Waals surface area contributed by atoms with E-state index in [0.717, 1.165) is 53.5 Å². The summed E-state index contributed by atoms with van der Waals surface area (Å²) in [5.41, 5.74) is 6.89. The number of halogens is 2. The van der Waals surface area contributed by atoms with Crippen molar-refractivity contribution in [3.8, 4) is 0 Å². The molecule has 0 bridgehead atoms. The van der Waals surface area contributed by atoms with Gasteiger partial charge in [0, 0.05) is 18.8 Å². The molecule has 0 aliphatic carbocycles. The molecule has 0 radical (unpaired) electrons. The molecule has 0 unspecified atom stereocenters. The summed E-state index contributed by atoms with van der Waals surface area (Å²) in [7, 11) is 2.57. The average Bonchev–Trinajstić information content (AvgIpc) is 4.15. The zero-order valence-electron chi connectivity index (χ0n) is 39.8. The Hall–Kier alpha value is -5.54. The third-order valence-electron chi connectivity index (χ3n) is 13.9. The van der Waals surface area contributed by atoms with Crippen molar-refractivity contribution in [2.45, 2.75) is 129 Å². The number of aromatic nitrogens is 4. The van der Waals surface area contributed by atoms with Crippen molar-refractivity contribution in [2.75, 3.05) is 32.2 Å². The van der Waals surface area contributed by atoms with Crippen LogP contribution in [0, 0.1) is 11.8 Å². The second-order valence-corrected chi connectivity index (χ2v) is 20.6. The number of carbonyl (C=O) groups is 4. The van der Waals surface area contributed by atoms with Crippen molar-refractivity contribution < 1.29 is 28.7 Å². The summed E-state index contributed by atoms with van der Waals surface area (Å²) in [6, 6.07) is 14.5. The fourth-order valence-electron chi connectivity index (χ4n) is 10.3. The predicted octanol–water partition coefficient (Wildman–Crippen LogP) is 10.2. The number of benzene rings is 3. The van der Waals surface area contributed by atoms with Crippen molar-refractivity contribution in [1.29, 1.82) is 0 Å². The second kappa shape index (κ2) is 19.2. The smallest absolute Gasteiger partial charge is 0.407 e. The molecule has 6 atom stereocenters. The number of nitrogens with one attached hydrogen (secondary N) is 4. The number of H-pyrrole nitrogens is 2. The molecule has 67 heavy (non-hydrogen) atoms. The number of hydrogen-bond donors (Lipinski definition) is 4. The number of hydrogen-bond acceptors (Lipinski definition) is 9. The van der Waals surface area contributed by atoms with E-state index in [1.54, 1.807) is 9.80 Å².